The fourth-order valence-corrected chi connectivity index (χ4v) is 2.57. The van der Waals surface area contributed by atoms with E-state index in [2.05, 4.69) is 15.6 Å². The number of benzene rings is 2. The molecule has 0 aliphatic carbocycles. The maximum Gasteiger partial charge on any atom is 0.238 e. The number of carbonyl (C=O) groups is 1. The monoisotopic (exact) mass is 353 g/mol. The van der Waals surface area contributed by atoms with Crippen LogP contribution in [0.4, 0.5) is 14.5 Å². The summed E-state index contributed by atoms with van der Waals surface area (Å²) >= 11 is 0. The number of carbonyl (C=O) groups excluding carboxylic acids is 1. The molecule has 132 valence electrons. The van der Waals surface area contributed by atoms with Gasteiger partial charge >= 0.3 is 0 Å². The molecule has 0 saturated heterocycles. The molecule has 1 atom stereocenters. The molecule has 3 aromatic rings. The SMILES string of the molecule is O=C(CNC(c1ccccc1)c1ccccn1)Nc1cc(F)ccc1F. The minimum Gasteiger partial charge on any atom is -0.322 e. The van der Waals surface area contributed by atoms with Gasteiger partial charge in [0.05, 0.1) is 24.0 Å². The lowest BCUT2D eigenvalue weighted by Gasteiger charge is -2.18. The molecule has 3 rings (SSSR count). The van der Waals surface area contributed by atoms with Gasteiger partial charge in [-0.3, -0.25) is 15.1 Å². The number of halogens is 2. The molecule has 4 nitrogen and oxygen atoms in total. The summed E-state index contributed by atoms with van der Waals surface area (Å²) in [6.45, 7) is -0.0912. The summed E-state index contributed by atoms with van der Waals surface area (Å²) in [5.74, 6) is -1.79. The Morgan fingerprint density at radius 2 is 1.77 bits per heavy atom. The van der Waals surface area contributed by atoms with E-state index in [1.165, 1.54) is 0 Å². The van der Waals surface area contributed by atoms with Gasteiger partial charge in [-0.15, -0.1) is 0 Å². The van der Waals surface area contributed by atoms with Crippen LogP contribution in [-0.4, -0.2) is 17.4 Å². The Bertz CT molecular complexity index is 833. The second kappa shape index (κ2) is 8.31. The highest BCUT2D eigenvalue weighted by Gasteiger charge is 2.16. The highest BCUT2D eigenvalue weighted by atomic mass is 19.1. The number of pyridine rings is 1. The van der Waals surface area contributed by atoms with Gasteiger partial charge in [0.25, 0.3) is 0 Å². The Hall–Kier alpha value is -3.12. The van der Waals surface area contributed by atoms with E-state index in [9.17, 15) is 13.6 Å². The van der Waals surface area contributed by atoms with E-state index < -0.39 is 17.5 Å². The first-order chi connectivity index (χ1) is 12.6. The number of nitrogens with one attached hydrogen (secondary N) is 2. The normalized spacial score (nSPS) is 11.8. The summed E-state index contributed by atoms with van der Waals surface area (Å²) in [5.41, 5.74) is 1.50. The zero-order valence-electron chi connectivity index (χ0n) is 13.8. The van der Waals surface area contributed by atoms with Gasteiger partial charge in [0.2, 0.25) is 5.91 Å². The zero-order chi connectivity index (χ0) is 18.4. The van der Waals surface area contributed by atoms with Crippen molar-refractivity contribution in [2.24, 2.45) is 0 Å². The molecule has 0 spiro atoms. The van der Waals surface area contributed by atoms with E-state index in [1.54, 1.807) is 6.20 Å². The smallest absolute Gasteiger partial charge is 0.238 e. The predicted molar refractivity (Wildman–Crippen MR) is 95.5 cm³/mol. The van der Waals surface area contributed by atoms with Gasteiger partial charge in [-0.05, 0) is 29.8 Å². The van der Waals surface area contributed by atoms with Crippen LogP contribution in [-0.2, 0) is 4.79 Å². The van der Waals surface area contributed by atoms with E-state index in [-0.39, 0.29) is 18.3 Å². The first kappa shape index (κ1) is 17.7. The number of hydrogen-bond donors (Lipinski definition) is 2. The Labute approximate surface area is 149 Å². The first-order valence-corrected chi connectivity index (χ1v) is 8.07. The summed E-state index contributed by atoms with van der Waals surface area (Å²) in [6, 6.07) is 17.7. The molecule has 1 amide bonds. The topological polar surface area (TPSA) is 54.0 Å². The fourth-order valence-electron chi connectivity index (χ4n) is 2.57. The van der Waals surface area contributed by atoms with Gasteiger partial charge in [-0.25, -0.2) is 8.78 Å². The summed E-state index contributed by atoms with van der Waals surface area (Å²) in [4.78, 5) is 16.5. The van der Waals surface area contributed by atoms with Crippen molar-refractivity contribution in [3.63, 3.8) is 0 Å². The molecule has 2 aromatic carbocycles. The van der Waals surface area contributed by atoms with Crippen molar-refractivity contribution in [3.8, 4) is 0 Å². The third-order valence-corrected chi connectivity index (χ3v) is 3.79. The first-order valence-electron chi connectivity index (χ1n) is 8.07. The highest BCUT2D eigenvalue weighted by molar-refractivity contribution is 5.92. The standard InChI is InChI=1S/C20H17F2N3O/c21-15-9-10-16(22)18(12-15)25-19(26)13-24-20(14-6-2-1-3-7-14)17-8-4-5-11-23-17/h1-12,20,24H,13H2,(H,25,26). The second-order valence-electron chi connectivity index (χ2n) is 5.65. The van der Waals surface area contributed by atoms with Crippen LogP contribution in [0.2, 0.25) is 0 Å². The van der Waals surface area contributed by atoms with Crippen LogP contribution in [0.15, 0.2) is 72.9 Å². The number of hydrogen-bond acceptors (Lipinski definition) is 3. The predicted octanol–water partition coefficient (Wildman–Crippen LogP) is 3.68. The Morgan fingerprint density at radius 3 is 2.50 bits per heavy atom. The second-order valence-corrected chi connectivity index (χ2v) is 5.65. The molecule has 0 fully saturated rings. The lowest BCUT2D eigenvalue weighted by Crippen LogP contribution is -2.32. The third kappa shape index (κ3) is 4.49. The van der Waals surface area contributed by atoms with Crippen LogP contribution >= 0.6 is 0 Å². The third-order valence-electron chi connectivity index (χ3n) is 3.79. The average molecular weight is 353 g/mol. The molecule has 2 N–H and O–H groups in total. The Balaban J connectivity index is 1.72. The van der Waals surface area contributed by atoms with Gasteiger partial charge in [0, 0.05) is 12.3 Å². The maximum absolute atomic E-state index is 13.6. The summed E-state index contributed by atoms with van der Waals surface area (Å²) in [5, 5.41) is 5.49. The summed E-state index contributed by atoms with van der Waals surface area (Å²) in [7, 11) is 0. The maximum atomic E-state index is 13.6. The zero-order valence-corrected chi connectivity index (χ0v) is 13.8. The van der Waals surface area contributed by atoms with E-state index >= 15 is 0 Å². The van der Waals surface area contributed by atoms with Crippen LogP contribution in [0, 0.1) is 11.6 Å². The molecule has 26 heavy (non-hydrogen) atoms. The Morgan fingerprint density at radius 1 is 1.00 bits per heavy atom. The van der Waals surface area contributed by atoms with Gasteiger partial charge in [0.15, 0.2) is 0 Å². The minimum atomic E-state index is -0.691. The average Bonchev–Trinajstić information content (AvgIpc) is 2.67. The molecule has 1 unspecified atom stereocenters. The molecule has 6 heteroatoms. The molecular weight excluding hydrogens is 336 g/mol. The van der Waals surface area contributed by atoms with E-state index in [0.717, 1.165) is 29.5 Å². The summed E-state index contributed by atoms with van der Waals surface area (Å²) < 4.78 is 26.9. The molecule has 1 aromatic heterocycles. The van der Waals surface area contributed by atoms with Crippen molar-refractivity contribution < 1.29 is 13.6 Å². The number of aromatic nitrogens is 1. The lowest BCUT2D eigenvalue weighted by atomic mass is 10.0. The van der Waals surface area contributed by atoms with E-state index in [1.807, 2.05) is 48.5 Å². The molecule has 0 bridgehead atoms. The number of rotatable bonds is 6. The molecule has 0 aliphatic rings. The van der Waals surface area contributed by atoms with Crippen LogP contribution < -0.4 is 10.6 Å². The van der Waals surface area contributed by atoms with Gasteiger partial charge in [-0.1, -0.05) is 36.4 Å². The largest absolute Gasteiger partial charge is 0.322 e. The van der Waals surface area contributed by atoms with E-state index in [4.69, 9.17) is 0 Å². The number of nitrogens with zero attached hydrogens (tertiary/aromatic N) is 1. The summed E-state index contributed by atoms with van der Waals surface area (Å²) in [6.07, 6.45) is 1.68. The highest BCUT2D eigenvalue weighted by Crippen LogP contribution is 2.20. The van der Waals surface area contributed by atoms with E-state index in [0.29, 0.717) is 0 Å². The molecule has 0 radical (unpaired) electrons. The molecule has 0 saturated carbocycles. The minimum absolute atomic E-state index is 0.0912. The lowest BCUT2D eigenvalue weighted by molar-refractivity contribution is -0.115. The van der Waals surface area contributed by atoms with Gasteiger partial charge in [0.1, 0.15) is 11.6 Å². The molecule has 1 heterocycles. The van der Waals surface area contributed by atoms with Crippen molar-refractivity contribution in [1.29, 1.82) is 0 Å². The van der Waals surface area contributed by atoms with Crippen LogP contribution in [0.3, 0.4) is 0 Å². The number of anilines is 1. The number of amides is 1. The molecular formula is C20H17F2N3O. The van der Waals surface area contributed by atoms with Crippen molar-refractivity contribution in [2.45, 2.75) is 6.04 Å². The quantitative estimate of drug-likeness (QED) is 0.711. The van der Waals surface area contributed by atoms with Crippen LogP contribution in [0.25, 0.3) is 0 Å². The van der Waals surface area contributed by atoms with Crippen molar-refractivity contribution in [3.05, 3.63) is 95.8 Å². The Kier molecular flexibility index (Phi) is 5.66. The molecule has 0 aliphatic heterocycles. The van der Waals surface area contributed by atoms with Gasteiger partial charge in [-0.2, -0.15) is 0 Å². The fraction of sp³-hybridized carbons (Fsp3) is 0.100. The van der Waals surface area contributed by atoms with Gasteiger partial charge < -0.3 is 5.32 Å². The van der Waals surface area contributed by atoms with Crippen molar-refractivity contribution in [1.82, 2.24) is 10.3 Å². The van der Waals surface area contributed by atoms with Crippen molar-refractivity contribution >= 4 is 11.6 Å². The van der Waals surface area contributed by atoms with Crippen molar-refractivity contribution in [2.75, 3.05) is 11.9 Å². The van der Waals surface area contributed by atoms with Crippen LogP contribution in [0.5, 0.6) is 0 Å². The van der Waals surface area contributed by atoms with Crippen LogP contribution in [0.1, 0.15) is 17.3 Å².